The van der Waals surface area contributed by atoms with Gasteiger partial charge in [0.05, 0.1) is 5.56 Å². The molecular formula is C18H8F3NO2. The topological polar surface area (TPSA) is 43.1 Å². The Kier molecular flexibility index (Phi) is 2.96. The standard InChI is InChI=1S/C18H8F3NO2/c19-13-6-11(7-14(20)16(13)21)17-18(23)12-5-9-3-1-2-4-10(9)8-15(12)22(17)24/h1-8H. The second-order valence-electron chi connectivity index (χ2n) is 5.44. The number of hydrogen-bond donors (Lipinski definition) is 0. The van der Waals surface area contributed by atoms with E-state index in [1.165, 1.54) is 0 Å². The highest BCUT2D eigenvalue weighted by atomic mass is 19.2. The summed E-state index contributed by atoms with van der Waals surface area (Å²) in [5.41, 5.74) is -0.493. The fourth-order valence-corrected chi connectivity index (χ4v) is 2.86. The van der Waals surface area contributed by atoms with Gasteiger partial charge in [-0.3, -0.25) is 4.79 Å². The molecule has 0 saturated heterocycles. The zero-order chi connectivity index (χ0) is 17.0. The van der Waals surface area contributed by atoms with Crippen molar-refractivity contribution in [3.05, 3.63) is 82.3 Å². The number of carbonyl (C=O) groups excluding carboxylic acids is 1. The van der Waals surface area contributed by atoms with Crippen molar-refractivity contribution < 1.29 is 22.7 Å². The Morgan fingerprint density at radius 1 is 0.875 bits per heavy atom. The zero-order valence-corrected chi connectivity index (χ0v) is 12.0. The van der Waals surface area contributed by atoms with Gasteiger partial charge in [-0.1, -0.05) is 24.3 Å². The fraction of sp³-hybridized carbons (Fsp3) is 0. The number of nitrogens with zero attached hydrogens (tertiary/aromatic N) is 1. The van der Waals surface area contributed by atoms with Crippen LogP contribution in [-0.4, -0.2) is 16.2 Å². The van der Waals surface area contributed by atoms with Crippen molar-refractivity contribution in [2.24, 2.45) is 0 Å². The van der Waals surface area contributed by atoms with Crippen LogP contribution in [0.4, 0.5) is 18.9 Å². The van der Waals surface area contributed by atoms with Gasteiger partial charge in [-0.2, -0.15) is 4.74 Å². The van der Waals surface area contributed by atoms with Crippen LogP contribution >= 0.6 is 0 Å². The molecule has 0 N–H and O–H groups in total. The summed E-state index contributed by atoms with van der Waals surface area (Å²) in [6.45, 7) is 0. The first-order chi connectivity index (χ1) is 11.5. The predicted molar refractivity (Wildman–Crippen MR) is 82.0 cm³/mol. The van der Waals surface area contributed by atoms with Gasteiger partial charge in [0.2, 0.25) is 5.69 Å². The first kappa shape index (κ1) is 14.4. The van der Waals surface area contributed by atoms with Crippen LogP contribution in [0.15, 0.2) is 48.5 Å². The Hall–Kier alpha value is -3.15. The zero-order valence-electron chi connectivity index (χ0n) is 12.0. The maximum absolute atomic E-state index is 13.4. The van der Waals surface area contributed by atoms with Crippen molar-refractivity contribution in [3.63, 3.8) is 0 Å². The Balaban J connectivity index is 1.96. The molecule has 0 amide bonds. The van der Waals surface area contributed by atoms with E-state index in [-0.39, 0.29) is 16.8 Å². The van der Waals surface area contributed by atoms with Crippen molar-refractivity contribution in [2.45, 2.75) is 0 Å². The number of Topliss-reactive ketones (excluding diaryl/α,β-unsaturated/α-hetero) is 1. The van der Waals surface area contributed by atoms with Crippen molar-refractivity contribution in [3.8, 4) is 0 Å². The largest absolute Gasteiger partial charge is 0.618 e. The number of ketones is 1. The molecule has 0 radical (unpaired) electrons. The summed E-state index contributed by atoms with van der Waals surface area (Å²) in [5, 5.41) is 14.0. The molecule has 4 rings (SSSR count). The summed E-state index contributed by atoms with van der Waals surface area (Å²) in [6, 6.07) is 11.5. The molecule has 1 heterocycles. The minimum absolute atomic E-state index is 0.0961. The molecule has 0 fully saturated rings. The van der Waals surface area contributed by atoms with Gasteiger partial charge in [-0.05, 0) is 29.0 Å². The highest BCUT2D eigenvalue weighted by Crippen LogP contribution is 2.32. The lowest BCUT2D eigenvalue weighted by Gasteiger charge is -2.04. The van der Waals surface area contributed by atoms with E-state index in [0.29, 0.717) is 16.9 Å². The van der Waals surface area contributed by atoms with Crippen LogP contribution < -0.4 is 0 Å². The number of hydrogen-bond acceptors (Lipinski definition) is 2. The lowest BCUT2D eigenvalue weighted by Crippen LogP contribution is -2.17. The normalized spacial score (nSPS) is 13.7. The quantitative estimate of drug-likeness (QED) is 0.384. The Bertz CT molecular complexity index is 1050. The second-order valence-corrected chi connectivity index (χ2v) is 5.44. The Labute approximate surface area is 133 Å². The first-order valence-electron chi connectivity index (χ1n) is 7.04. The van der Waals surface area contributed by atoms with Crippen LogP contribution in [0.5, 0.6) is 0 Å². The molecule has 3 aromatic rings. The van der Waals surface area contributed by atoms with Crippen LogP contribution in [0, 0.1) is 22.7 Å². The summed E-state index contributed by atoms with van der Waals surface area (Å²) in [4.78, 5) is 12.5. The van der Waals surface area contributed by atoms with E-state index in [0.717, 1.165) is 10.8 Å². The molecule has 0 aromatic heterocycles. The van der Waals surface area contributed by atoms with Crippen molar-refractivity contribution >= 4 is 28.0 Å². The third-order valence-electron chi connectivity index (χ3n) is 4.00. The molecule has 0 bridgehead atoms. The van der Waals surface area contributed by atoms with Crippen LogP contribution in [-0.2, 0) is 0 Å². The summed E-state index contributed by atoms with van der Waals surface area (Å²) in [7, 11) is 0. The van der Waals surface area contributed by atoms with Gasteiger partial charge in [0.1, 0.15) is 5.56 Å². The first-order valence-corrected chi connectivity index (χ1v) is 7.04. The highest BCUT2D eigenvalue weighted by molar-refractivity contribution is 6.52. The molecule has 0 spiro atoms. The third-order valence-corrected chi connectivity index (χ3v) is 4.00. The average Bonchev–Trinajstić information content (AvgIpc) is 2.81. The van der Waals surface area contributed by atoms with Crippen molar-refractivity contribution in [2.75, 3.05) is 0 Å². The summed E-state index contributed by atoms with van der Waals surface area (Å²) in [6.07, 6.45) is 0. The molecule has 0 saturated carbocycles. The minimum atomic E-state index is -1.65. The maximum Gasteiger partial charge on any atom is 0.273 e. The van der Waals surface area contributed by atoms with Crippen LogP contribution in [0.25, 0.3) is 10.8 Å². The van der Waals surface area contributed by atoms with Gasteiger partial charge >= 0.3 is 0 Å². The lowest BCUT2D eigenvalue weighted by molar-refractivity contribution is -0.355. The lowest BCUT2D eigenvalue weighted by atomic mass is 10.00. The highest BCUT2D eigenvalue weighted by Gasteiger charge is 2.37. The van der Waals surface area contributed by atoms with E-state index in [1.54, 1.807) is 36.4 Å². The average molecular weight is 327 g/mol. The molecule has 0 unspecified atom stereocenters. The Morgan fingerprint density at radius 3 is 2.08 bits per heavy atom. The molecule has 6 heteroatoms. The predicted octanol–water partition coefficient (Wildman–Crippen LogP) is 4.08. The van der Waals surface area contributed by atoms with Crippen molar-refractivity contribution in [1.82, 2.24) is 0 Å². The molecule has 3 nitrogen and oxygen atoms in total. The van der Waals surface area contributed by atoms with E-state index in [1.807, 2.05) is 0 Å². The van der Waals surface area contributed by atoms with Gasteiger partial charge in [0.15, 0.2) is 17.5 Å². The van der Waals surface area contributed by atoms with E-state index >= 15 is 0 Å². The van der Waals surface area contributed by atoms with Gasteiger partial charge in [0, 0.05) is 6.07 Å². The van der Waals surface area contributed by atoms with E-state index < -0.39 is 28.9 Å². The molecule has 24 heavy (non-hydrogen) atoms. The second kappa shape index (κ2) is 4.92. The van der Waals surface area contributed by atoms with Gasteiger partial charge in [-0.25, -0.2) is 13.2 Å². The van der Waals surface area contributed by atoms with Crippen LogP contribution in [0.1, 0.15) is 15.9 Å². The number of benzene rings is 3. The molecule has 1 aliphatic heterocycles. The fourth-order valence-electron chi connectivity index (χ4n) is 2.86. The molecule has 0 atom stereocenters. The van der Waals surface area contributed by atoms with Crippen molar-refractivity contribution in [1.29, 1.82) is 0 Å². The molecule has 118 valence electrons. The number of carbonyl (C=O) groups is 1. The summed E-state index contributed by atoms with van der Waals surface area (Å²) < 4.78 is 40.3. The maximum atomic E-state index is 13.4. The van der Waals surface area contributed by atoms with Gasteiger partial charge < -0.3 is 5.21 Å². The van der Waals surface area contributed by atoms with E-state index in [4.69, 9.17) is 0 Å². The smallest absolute Gasteiger partial charge is 0.273 e. The monoisotopic (exact) mass is 327 g/mol. The SMILES string of the molecule is O=C1C(c2cc(F)c(F)c(F)c2)=[N+]([O-])c2cc3ccccc3cc21. The van der Waals surface area contributed by atoms with E-state index in [9.17, 15) is 23.2 Å². The summed E-state index contributed by atoms with van der Waals surface area (Å²) in [5.74, 6) is -5.22. The summed E-state index contributed by atoms with van der Waals surface area (Å²) >= 11 is 0. The van der Waals surface area contributed by atoms with Gasteiger partial charge in [-0.15, -0.1) is 0 Å². The number of halogens is 3. The number of fused-ring (bicyclic) bond motifs is 2. The number of rotatable bonds is 1. The van der Waals surface area contributed by atoms with Gasteiger partial charge in [0.25, 0.3) is 11.5 Å². The molecule has 3 aromatic carbocycles. The molecular weight excluding hydrogens is 319 g/mol. The third kappa shape index (κ3) is 1.93. The minimum Gasteiger partial charge on any atom is -0.618 e. The van der Waals surface area contributed by atoms with Crippen LogP contribution in [0.2, 0.25) is 0 Å². The van der Waals surface area contributed by atoms with E-state index in [2.05, 4.69) is 0 Å². The van der Waals surface area contributed by atoms with Crippen LogP contribution in [0.3, 0.4) is 0 Å². The molecule has 0 aliphatic carbocycles. The Morgan fingerprint density at radius 2 is 1.46 bits per heavy atom. The molecule has 1 aliphatic rings.